The van der Waals surface area contributed by atoms with E-state index in [1.165, 1.54) is 5.56 Å². The number of nitrogens with zero attached hydrogens (tertiary/aromatic N) is 2. The van der Waals surface area contributed by atoms with Gasteiger partial charge in [0.25, 0.3) is 0 Å². The number of aromatic nitrogens is 1. The molecule has 0 unspecified atom stereocenters. The fourth-order valence-electron chi connectivity index (χ4n) is 3.91. The molecule has 0 amide bonds. The van der Waals surface area contributed by atoms with Crippen LogP contribution in [0, 0.1) is 0 Å². The fraction of sp³-hybridized carbons (Fsp3) is 0.400. The van der Waals surface area contributed by atoms with Crippen LogP contribution in [0.5, 0.6) is 0 Å². The van der Waals surface area contributed by atoms with Gasteiger partial charge in [-0.1, -0.05) is 61.7 Å². The summed E-state index contributed by atoms with van der Waals surface area (Å²) in [6, 6.07) is 14.6. The summed E-state index contributed by atoms with van der Waals surface area (Å²) >= 11 is 3.37. The van der Waals surface area contributed by atoms with Crippen LogP contribution in [0.15, 0.2) is 67.3 Å². The van der Waals surface area contributed by atoms with Crippen molar-refractivity contribution < 1.29 is 12.8 Å². The van der Waals surface area contributed by atoms with Gasteiger partial charge in [0.05, 0.1) is 4.90 Å². The van der Waals surface area contributed by atoms with Gasteiger partial charge in [-0.2, -0.15) is 4.98 Å². The molecule has 1 aromatic heterocycles. The molecule has 170 valence electrons. The summed E-state index contributed by atoms with van der Waals surface area (Å²) in [6.45, 7) is 8.01. The predicted octanol–water partition coefficient (Wildman–Crippen LogP) is 6.61. The summed E-state index contributed by atoms with van der Waals surface area (Å²) in [5.74, 6) is 0.685. The maximum atomic E-state index is 13.6. The van der Waals surface area contributed by atoms with Crippen molar-refractivity contribution in [1.82, 2.24) is 4.98 Å². The number of sulfone groups is 1. The largest absolute Gasteiger partial charge is 0.419 e. The van der Waals surface area contributed by atoms with Crippen LogP contribution in [0.3, 0.4) is 0 Å². The molecule has 0 spiro atoms. The van der Waals surface area contributed by atoms with E-state index >= 15 is 0 Å². The van der Waals surface area contributed by atoms with Crippen molar-refractivity contribution in [2.45, 2.75) is 61.8 Å². The Morgan fingerprint density at radius 3 is 2.06 bits per heavy atom. The summed E-state index contributed by atoms with van der Waals surface area (Å²) in [6.07, 6.45) is 4.29. The maximum absolute atomic E-state index is 13.6. The van der Waals surface area contributed by atoms with E-state index in [0.29, 0.717) is 11.8 Å². The van der Waals surface area contributed by atoms with E-state index in [2.05, 4.69) is 41.7 Å². The average molecular weight is 517 g/mol. The zero-order valence-electron chi connectivity index (χ0n) is 18.8. The lowest BCUT2D eigenvalue weighted by molar-refractivity contribution is 0.543. The van der Waals surface area contributed by atoms with Gasteiger partial charge in [-0.15, -0.1) is 0 Å². The third-order valence-corrected chi connectivity index (χ3v) is 8.05. The maximum Gasteiger partial charge on any atom is 0.236 e. The van der Waals surface area contributed by atoms with Crippen LogP contribution in [-0.4, -0.2) is 26.5 Å². The number of benzene rings is 2. The number of hydrogen-bond acceptors (Lipinski definition) is 5. The van der Waals surface area contributed by atoms with Gasteiger partial charge >= 0.3 is 0 Å². The highest BCUT2D eigenvalue weighted by molar-refractivity contribution is 9.10. The van der Waals surface area contributed by atoms with Crippen LogP contribution in [0.4, 0.5) is 5.88 Å². The minimum atomic E-state index is -3.83. The molecule has 1 aliphatic heterocycles. The lowest BCUT2D eigenvalue weighted by Crippen LogP contribution is -2.25. The third kappa shape index (κ3) is 4.79. The first kappa shape index (κ1) is 23.1. The van der Waals surface area contributed by atoms with Crippen molar-refractivity contribution in [3.8, 4) is 11.5 Å². The molecule has 0 saturated carbocycles. The van der Waals surface area contributed by atoms with E-state index in [1.807, 2.05) is 29.2 Å². The summed E-state index contributed by atoms with van der Waals surface area (Å²) in [4.78, 5) is 6.79. The molecule has 0 N–H and O–H groups in total. The van der Waals surface area contributed by atoms with Gasteiger partial charge in [0, 0.05) is 23.1 Å². The monoisotopic (exact) mass is 516 g/mol. The predicted molar refractivity (Wildman–Crippen MR) is 131 cm³/mol. The van der Waals surface area contributed by atoms with Gasteiger partial charge in [-0.05, 0) is 60.2 Å². The van der Waals surface area contributed by atoms with E-state index in [1.54, 1.807) is 24.3 Å². The highest BCUT2D eigenvalue weighted by Crippen LogP contribution is 2.36. The summed E-state index contributed by atoms with van der Waals surface area (Å²) < 4.78 is 34.1. The van der Waals surface area contributed by atoms with Gasteiger partial charge in [0.1, 0.15) is 0 Å². The number of halogens is 1. The standard InChI is InChI=1S/C25H29BrN2O3S/c1-25(2,3)19-10-8-18(9-11-19)22-27-23(24(31-22)28-16-6-4-5-7-17-28)32(29,30)21-14-12-20(26)13-15-21/h8-15H,4-7,16-17H2,1-3H3. The molecule has 1 saturated heterocycles. The normalized spacial score (nSPS) is 15.6. The first-order valence-electron chi connectivity index (χ1n) is 11.0. The smallest absolute Gasteiger partial charge is 0.236 e. The molecule has 4 rings (SSSR count). The van der Waals surface area contributed by atoms with Crippen molar-refractivity contribution in [3.05, 3.63) is 58.6 Å². The number of rotatable bonds is 4. The Kier molecular flexibility index (Phi) is 6.50. The topological polar surface area (TPSA) is 63.4 Å². The molecule has 0 bridgehead atoms. The van der Waals surface area contributed by atoms with Crippen molar-refractivity contribution in [2.75, 3.05) is 18.0 Å². The summed E-state index contributed by atoms with van der Waals surface area (Å²) in [5, 5.41) is -0.00313. The number of anilines is 1. The van der Waals surface area contributed by atoms with Gasteiger partial charge in [0.2, 0.25) is 26.6 Å². The van der Waals surface area contributed by atoms with Crippen LogP contribution in [-0.2, 0) is 15.3 Å². The lowest BCUT2D eigenvalue weighted by Gasteiger charge is -2.20. The molecule has 7 heteroatoms. The molecule has 3 aromatic rings. The number of hydrogen-bond donors (Lipinski definition) is 0. The Morgan fingerprint density at radius 1 is 0.906 bits per heavy atom. The average Bonchev–Trinajstić information content (AvgIpc) is 3.03. The van der Waals surface area contributed by atoms with E-state index in [9.17, 15) is 8.42 Å². The van der Waals surface area contributed by atoms with E-state index in [0.717, 1.165) is 48.8 Å². The highest BCUT2D eigenvalue weighted by Gasteiger charge is 2.31. The zero-order chi connectivity index (χ0) is 22.9. The molecular weight excluding hydrogens is 488 g/mol. The Bertz CT molecular complexity index is 1170. The second-order valence-electron chi connectivity index (χ2n) is 9.32. The zero-order valence-corrected chi connectivity index (χ0v) is 21.2. The Morgan fingerprint density at radius 2 is 1.50 bits per heavy atom. The molecule has 1 aliphatic rings. The van der Waals surface area contributed by atoms with Crippen molar-refractivity contribution in [3.63, 3.8) is 0 Å². The molecular formula is C25H29BrN2O3S. The van der Waals surface area contributed by atoms with Crippen molar-refractivity contribution >= 4 is 31.7 Å². The summed E-state index contributed by atoms with van der Waals surface area (Å²) in [7, 11) is -3.83. The molecule has 5 nitrogen and oxygen atoms in total. The molecule has 0 atom stereocenters. The van der Waals surface area contributed by atoms with E-state index in [4.69, 9.17) is 4.42 Å². The van der Waals surface area contributed by atoms with Gasteiger partial charge in [-0.25, -0.2) is 8.42 Å². The highest BCUT2D eigenvalue weighted by atomic mass is 79.9. The Labute approximate surface area is 198 Å². The minimum absolute atomic E-state index is 0.00313. The molecule has 1 fully saturated rings. The van der Waals surface area contributed by atoms with Crippen LogP contribution < -0.4 is 4.90 Å². The van der Waals surface area contributed by atoms with Crippen molar-refractivity contribution in [1.29, 1.82) is 0 Å². The minimum Gasteiger partial charge on any atom is -0.419 e. The fourth-order valence-corrected chi connectivity index (χ4v) is 5.49. The summed E-state index contributed by atoms with van der Waals surface area (Å²) in [5.41, 5.74) is 2.00. The molecule has 2 aromatic carbocycles. The second-order valence-corrected chi connectivity index (χ2v) is 12.1. The van der Waals surface area contributed by atoms with Crippen LogP contribution in [0.25, 0.3) is 11.5 Å². The second kappa shape index (κ2) is 9.02. The quantitative estimate of drug-likeness (QED) is 0.390. The van der Waals surface area contributed by atoms with Gasteiger partial charge < -0.3 is 9.32 Å². The van der Waals surface area contributed by atoms with Gasteiger partial charge in [0.15, 0.2) is 0 Å². The first-order chi connectivity index (χ1) is 15.2. The lowest BCUT2D eigenvalue weighted by atomic mass is 9.87. The molecule has 2 heterocycles. The van der Waals surface area contributed by atoms with Gasteiger partial charge in [-0.3, -0.25) is 0 Å². The molecule has 32 heavy (non-hydrogen) atoms. The SMILES string of the molecule is CC(C)(C)c1ccc(-c2nc(S(=O)(=O)c3ccc(Br)cc3)c(N3CCCCCC3)o2)cc1. The van der Waals surface area contributed by atoms with Crippen LogP contribution >= 0.6 is 15.9 Å². The van der Waals surface area contributed by atoms with Crippen LogP contribution in [0.1, 0.15) is 52.0 Å². The number of oxazole rings is 1. The Balaban J connectivity index is 1.81. The first-order valence-corrected chi connectivity index (χ1v) is 13.3. The third-order valence-electron chi connectivity index (χ3n) is 5.85. The molecule has 0 aliphatic carbocycles. The van der Waals surface area contributed by atoms with E-state index in [-0.39, 0.29) is 15.3 Å². The molecule has 0 radical (unpaired) electrons. The van der Waals surface area contributed by atoms with Crippen LogP contribution in [0.2, 0.25) is 0 Å². The van der Waals surface area contributed by atoms with E-state index < -0.39 is 9.84 Å². The Hall–Kier alpha value is -2.12. The van der Waals surface area contributed by atoms with Crippen molar-refractivity contribution in [2.24, 2.45) is 0 Å².